The van der Waals surface area contributed by atoms with Crippen molar-refractivity contribution in [3.63, 3.8) is 0 Å². The van der Waals surface area contributed by atoms with E-state index in [9.17, 15) is 42.3 Å². The lowest BCUT2D eigenvalue weighted by atomic mass is 10.1. The Morgan fingerprint density at radius 2 is 0.792 bits per heavy atom. The van der Waals surface area contributed by atoms with E-state index >= 15 is 0 Å². The summed E-state index contributed by atoms with van der Waals surface area (Å²) in [5, 5.41) is 12.9. The van der Waals surface area contributed by atoms with Gasteiger partial charge in [-0.05, 0) is 117 Å². The predicted octanol–water partition coefficient (Wildman–Crippen LogP) is 11.7. The molecule has 0 aliphatic rings. The molecule has 0 radical (unpaired) electrons. The van der Waals surface area contributed by atoms with Crippen LogP contribution in [-0.4, -0.2) is 62.0 Å². The maximum Gasteiger partial charge on any atom is 0.296 e. The lowest BCUT2D eigenvalue weighted by Gasteiger charge is -2.15. The molecule has 8 aromatic carbocycles. The van der Waals surface area contributed by atoms with Gasteiger partial charge in [0.15, 0.2) is 22.9 Å². The van der Waals surface area contributed by atoms with Crippen LogP contribution in [0, 0.1) is 17.5 Å². The molecule has 0 spiro atoms. The summed E-state index contributed by atoms with van der Waals surface area (Å²) in [5.74, 6) is 0.0595. The van der Waals surface area contributed by atoms with E-state index in [1.807, 2.05) is 133 Å². The average molecular weight is 1740 g/mol. The fraction of sp³-hybridized carbons (Fsp3) is 0.150. The first-order chi connectivity index (χ1) is 50.7. The van der Waals surface area contributed by atoms with Crippen molar-refractivity contribution in [2.45, 2.75) is 51.7 Å². The largest absolute Gasteiger partial charge is 1.00 e. The number of hydrogen-bond donors (Lipinski definition) is 2. The number of amides is 1. The van der Waals surface area contributed by atoms with E-state index in [1.165, 1.54) is 68.4 Å². The van der Waals surface area contributed by atoms with E-state index in [-0.39, 0.29) is 113 Å². The fourth-order valence-electron chi connectivity index (χ4n) is 10.6. The van der Waals surface area contributed by atoms with Crippen molar-refractivity contribution in [3.05, 3.63) is 360 Å². The van der Waals surface area contributed by atoms with Gasteiger partial charge in [0.25, 0.3) is 22.6 Å². The molecular weight excluding hydrogens is 1670 g/mol. The molecule has 13 aromatic rings. The van der Waals surface area contributed by atoms with Gasteiger partial charge in [-0.25, -0.2) is 38.1 Å². The molecule has 0 aliphatic carbocycles. The summed E-state index contributed by atoms with van der Waals surface area (Å²) in [6, 6.07) is 59.7. The number of rotatable bonds is 23. The molecule has 19 nitrogen and oxygen atoms in total. The van der Waals surface area contributed by atoms with Crippen LogP contribution in [0.4, 0.5) is 13.2 Å². The second-order valence-corrected chi connectivity index (χ2v) is 26.8. The number of ketones is 1. The number of halogens is 7. The Morgan fingerprint density at radius 1 is 0.443 bits per heavy atom. The zero-order valence-corrected chi connectivity index (χ0v) is 63.9. The number of carbonyl (C=O) groups is 2. The third kappa shape index (κ3) is 21.1. The van der Waals surface area contributed by atoms with Crippen LogP contribution in [0.3, 0.4) is 0 Å². The van der Waals surface area contributed by atoms with Gasteiger partial charge in [0, 0.05) is 73.1 Å². The van der Waals surface area contributed by atoms with E-state index in [1.54, 1.807) is 51.6 Å². The van der Waals surface area contributed by atoms with Gasteiger partial charge in [0.05, 0.1) is 18.9 Å². The van der Waals surface area contributed by atoms with Gasteiger partial charge in [-0.15, -0.1) is 0 Å². The van der Waals surface area contributed by atoms with Crippen LogP contribution in [0.15, 0.2) is 255 Å². The van der Waals surface area contributed by atoms with E-state index in [4.69, 9.17) is 23.3 Å². The Bertz CT molecular complexity index is 5370. The summed E-state index contributed by atoms with van der Waals surface area (Å²) in [6.45, 7) is -0.0270. The van der Waals surface area contributed by atoms with E-state index in [2.05, 4.69) is 73.0 Å². The molecule has 5 aromatic heterocycles. The van der Waals surface area contributed by atoms with Gasteiger partial charge >= 0.3 is 0 Å². The molecule has 0 fully saturated rings. The number of nitrogens with one attached hydrogen (secondary N) is 1. The molecule has 5 heterocycles. The summed E-state index contributed by atoms with van der Waals surface area (Å²) in [6.07, 6.45) is 5.08. The highest BCUT2D eigenvalue weighted by Crippen LogP contribution is 2.30. The van der Waals surface area contributed by atoms with Gasteiger partial charge in [0.1, 0.15) is 59.7 Å². The highest BCUT2D eigenvalue weighted by atomic mass is 127. The molecule has 2 N–H and O–H groups in total. The van der Waals surface area contributed by atoms with Crippen LogP contribution in [-0.2, 0) is 77.7 Å². The van der Waals surface area contributed by atoms with Crippen molar-refractivity contribution in [1.29, 1.82) is 0 Å². The van der Waals surface area contributed by atoms with Gasteiger partial charge in [-0.3, -0.25) is 37.7 Å². The predicted molar refractivity (Wildman–Crippen MR) is 399 cm³/mol. The maximum atomic E-state index is 13.5. The molecule has 26 heteroatoms. The first-order valence-electron chi connectivity index (χ1n) is 32.7. The smallest absolute Gasteiger partial charge is 0.296 e. The number of aromatic nitrogens is 8. The molecule has 106 heavy (non-hydrogen) atoms. The minimum atomic E-state index is -0.699. The Balaban J connectivity index is 0.000000171. The number of hydrogen-bond acceptors (Lipinski definition) is 15. The van der Waals surface area contributed by atoms with E-state index < -0.39 is 28.6 Å². The highest BCUT2D eigenvalue weighted by Gasteiger charge is 2.26. The molecule has 540 valence electrons. The van der Waals surface area contributed by atoms with Crippen LogP contribution >= 0.6 is 47.8 Å². The van der Waals surface area contributed by atoms with Crippen molar-refractivity contribution in [3.8, 4) is 40.4 Å². The SMILES string of the molecule is Cn1c(Cc2ccc(Br)cc2)nc(-c2ncc(Cc3ccc(F)cc3)o2)c(O)c1=O.Cn1c(Cc2ccc(Br)cc2)nc(-c2ncc(Cc3ccc(F)cc3)o2)c(OCc2ccccc2)c1=O.Cn1c(Cc2ccc(Br)cc2)nc(C(=O)NCC(=O)Cc2ccc(F)cc2)c(OCc2ccccc2)c1=O.[I-]. The zero-order valence-electron chi connectivity index (χ0n) is 57.0. The summed E-state index contributed by atoms with van der Waals surface area (Å²) < 4.78 is 70.0. The first-order valence-corrected chi connectivity index (χ1v) is 35.0. The topological polar surface area (TPSA) is 242 Å². The minimum absolute atomic E-state index is 0. The molecule has 13 rings (SSSR count). The number of ether oxygens (including phenoxy) is 2. The molecule has 0 saturated carbocycles. The highest BCUT2D eigenvalue weighted by molar-refractivity contribution is 9.11. The van der Waals surface area contributed by atoms with E-state index in [0.717, 1.165) is 52.4 Å². The molecular formula is C80H65Br3F3IN9O10-. The monoisotopic (exact) mass is 1730 g/mol. The third-order valence-electron chi connectivity index (χ3n) is 16.4. The number of oxazole rings is 2. The normalized spacial score (nSPS) is 10.8. The molecule has 0 atom stereocenters. The summed E-state index contributed by atoms with van der Waals surface area (Å²) in [7, 11) is 4.81. The lowest BCUT2D eigenvalue weighted by molar-refractivity contribution is -0.117. The number of Topliss-reactive ketones (excluding diaryl/α,β-unsaturated/α-hetero) is 1. The van der Waals surface area contributed by atoms with Crippen molar-refractivity contribution in [2.24, 2.45) is 21.1 Å². The summed E-state index contributed by atoms with van der Waals surface area (Å²) in [5.41, 5.74) is 5.57. The quantitative estimate of drug-likeness (QED) is 0.0566. The minimum Gasteiger partial charge on any atom is -1.00 e. The summed E-state index contributed by atoms with van der Waals surface area (Å²) >= 11 is 10.2. The average Bonchev–Trinajstić information content (AvgIpc) is 0.889. The van der Waals surface area contributed by atoms with Crippen molar-refractivity contribution in [2.75, 3.05) is 6.54 Å². The van der Waals surface area contributed by atoms with Crippen LogP contribution in [0.5, 0.6) is 17.2 Å². The standard InChI is InChI=1S/C29H25BrFN3O4.C29H23BrFN3O3.C22H17BrFN3O3.HI/c1-34-25(16-20-7-11-22(30)12-8-20)33-26(27(29(34)37)38-18-21-5-3-2-4-6-21)28(36)32-17-24(35)15-19-9-13-23(31)14-10-19;1-34-25(16-20-7-11-22(30)12-8-20)33-26(27(29(34)35)36-18-21-5-3-2-4-6-21)28-32-17-24(37-28)15-19-9-13-23(31)14-10-19;1-27-18(11-14-2-6-15(23)7-3-14)26-19(20(28)22(27)29)21-25-12-17(30-21)10-13-4-8-16(24)9-5-13;/h2-14H,15-18H2,1H3,(H,32,36);2-14,17H,15-16,18H2,1H3;2-9,12,28H,10-11H2,1H3;1H/p-1. The Hall–Kier alpha value is -10.7. The van der Waals surface area contributed by atoms with Gasteiger partial charge in [0.2, 0.25) is 29.0 Å². The van der Waals surface area contributed by atoms with Gasteiger partial charge in [-0.1, -0.05) is 181 Å². The Labute approximate surface area is 648 Å². The third-order valence-corrected chi connectivity index (χ3v) is 18.0. The first kappa shape index (κ1) is 77.9. The number of aromatic hydroxyl groups is 1. The Kier molecular flexibility index (Phi) is 27.1. The summed E-state index contributed by atoms with van der Waals surface area (Å²) in [4.78, 5) is 87.2. The van der Waals surface area contributed by atoms with Crippen LogP contribution < -0.4 is 55.4 Å². The molecule has 0 saturated heterocycles. The second kappa shape index (κ2) is 36.8. The fourth-order valence-corrected chi connectivity index (χ4v) is 11.4. The molecule has 0 unspecified atom stereocenters. The Morgan fingerprint density at radius 3 is 1.23 bits per heavy atom. The van der Waals surface area contributed by atoms with E-state index in [0.29, 0.717) is 66.7 Å². The van der Waals surface area contributed by atoms with Gasteiger partial charge < -0.3 is 52.7 Å². The lowest BCUT2D eigenvalue weighted by Crippen LogP contribution is -3.00. The van der Waals surface area contributed by atoms with Crippen molar-refractivity contribution < 1.29 is 70.2 Å². The number of benzene rings is 8. The second-order valence-electron chi connectivity index (χ2n) is 24.1. The van der Waals surface area contributed by atoms with Crippen LogP contribution in [0.25, 0.3) is 23.2 Å². The zero-order chi connectivity index (χ0) is 74.1. The van der Waals surface area contributed by atoms with Crippen LogP contribution in [0.1, 0.15) is 84.0 Å². The van der Waals surface area contributed by atoms with Gasteiger partial charge in [-0.2, -0.15) is 0 Å². The number of nitrogens with zero attached hydrogens (tertiary/aromatic N) is 8. The molecule has 0 bridgehead atoms. The van der Waals surface area contributed by atoms with Crippen LogP contribution in [0.2, 0.25) is 0 Å². The number of carbonyl (C=O) groups excluding carboxylic acids is 2. The molecule has 0 aliphatic heterocycles. The van der Waals surface area contributed by atoms with Crippen molar-refractivity contribution in [1.82, 2.24) is 43.9 Å². The maximum absolute atomic E-state index is 13.5. The molecule has 1 amide bonds. The van der Waals surface area contributed by atoms with Crippen molar-refractivity contribution >= 4 is 59.5 Å².